The Bertz CT molecular complexity index is 612. The van der Waals surface area contributed by atoms with Crippen molar-refractivity contribution in [1.29, 1.82) is 5.26 Å². The van der Waals surface area contributed by atoms with E-state index in [4.69, 9.17) is 21.6 Å². The summed E-state index contributed by atoms with van der Waals surface area (Å²) in [5.74, 6) is 0.545. The molecule has 0 radical (unpaired) electrons. The average Bonchev–Trinajstić information content (AvgIpc) is 2.39. The van der Waals surface area contributed by atoms with Crippen molar-refractivity contribution in [3.8, 4) is 11.8 Å². The summed E-state index contributed by atoms with van der Waals surface area (Å²) in [4.78, 5) is 0. The number of hydrogen-bond donors (Lipinski definition) is 0. The maximum absolute atomic E-state index is 8.84. The highest BCUT2D eigenvalue weighted by molar-refractivity contribution is 9.10. The fourth-order valence-electron chi connectivity index (χ4n) is 1.50. The van der Waals surface area contributed by atoms with Gasteiger partial charge in [-0.2, -0.15) is 5.26 Å². The molecule has 2 nitrogen and oxygen atoms in total. The van der Waals surface area contributed by atoms with Crippen molar-refractivity contribution >= 4 is 43.5 Å². The van der Waals surface area contributed by atoms with Crippen LogP contribution >= 0.6 is 43.5 Å². The van der Waals surface area contributed by atoms with Gasteiger partial charge in [0.05, 0.1) is 21.1 Å². The summed E-state index contributed by atoms with van der Waals surface area (Å²) >= 11 is 12.8. The predicted octanol–water partition coefficient (Wildman–Crippen LogP) is 5.32. The Kier molecular flexibility index (Phi) is 4.87. The summed E-state index contributed by atoms with van der Waals surface area (Å²) in [5.41, 5.74) is 1.53. The Labute approximate surface area is 133 Å². The van der Waals surface area contributed by atoms with Crippen molar-refractivity contribution in [3.05, 3.63) is 61.5 Å². The third kappa shape index (κ3) is 3.73. The highest BCUT2D eigenvalue weighted by Crippen LogP contribution is 2.34. The van der Waals surface area contributed by atoms with E-state index in [9.17, 15) is 0 Å². The Morgan fingerprint density at radius 2 is 1.84 bits per heavy atom. The minimum absolute atomic E-state index is 0.414. The van der Waals surface area contributed by atoms with E-state index in [0.29, 0.717) is 27.4 Å². The van der Waals surface area contributed by atoms with Crippen molar-refractivity contribution < 1.29 is 4.74 Å². The highest BCUT2D eigenvalue weighted by atomic mass is 79.9. The number of nitrogens with zero attached hydrogens (tertiary/aromatic N) is 1. The van der Waals surface area contributed by atoms with Gasteiger partial charge >= 0.3 is 0 Å². The predicted molar refractivity (Wildman–Crippen MR) is 82.3 cm³/mol. The second kappa shape index (κ2) is 6.42. The molecule has 0 unspecified atom stereocenters. The van der Waals surface area contributed by atoms with Gasteiger partial charge < -0.3 is 4.74 Å². The summed E-state index contributed by atoms with van der Waals surface area (Å²) in [5, 5.41) is 9.26. The van der Waals surface area contributed by atoms with Gasteiger partial charge in [0.15, 0.2) is 5.75 Å². The van der Waals surface area contributed by atoms with Gasteiger partial charge in [-0.15, -0.1) is 0 Å². The van der Waals surface area contributed by atoms with E-state index in [1.165, 1.54) is 0 Å². The van der Waals surface area contributed by atoms with Gasteiger partial charge in [0.1, 0.15) is 6.61 Å². The van der Waals surface area contributed by atoms with E-state index in [2.05, 4.69) is 31.9 Å². The summed E-state index contributed by atoms with van der Waals surface area (Å²) in [6.07, 6.45) is 0. The van der Waals surface area contributed by atoms with Crippen LogP contribution in [-0.2, 0) is 6.61 Å². The smallest absolute Gasteiger partial charge is 0.152 e. The van der Waals surface area contributed by atoms with Crippen molar-refractivity contribution in [2.24, 2.45) is 0 Å². The van der Waals surface area contributed by atoms with Crippen LogP contribution in [0.4, 0.5) is 0 Å². The van der Waals surface area contributed by atoms with E-state index in [0.717, 1.165) is 10.0 Å². The quantitative estimate of drug-likeness (QED) is 0.698. The van der Waals surface area contributed by atoms with Crippen molar-refractivity contribution in [2.75, 3.05) is 0 Å². The number of ether oxygens (including phenoxy) is 1. The monoisotopic (exact) mass is 399 g/mol. The molecule has 0 saturated heterocycles. The third-order valence-corrected chi connectivity index (χ3v) is 3.82. The van der Waals surface area contributed by atoms with Crippen molar-refractivity contribution in [3.63, 3.8) is 0 Å². The van der Waals surface area contributed by atoms with Crippen LogP contribution < -0.4 is 4.74 Å². The molecule has 0 fully saturated rings. The standard InChI is InChI=1S/C14H8Br2ClNO/c15-11-3-1-9(2-4-11)8-19-14-12(16)5-10(7-18)6-13(14)17/h1-6H,8H2. The second-order valence-electron chi connectivity index (χ2n) is 3.80. The van der Waals surface area contributed by atoms with Gasteiger partial charge in [0, 0.05) is 4.47 Å². The molecule has 0 aromatic heterocycles. The SMILES string of the molecule is N#Cc1cc(Cl)c(OCc2ccc(Br)cc2)c(Br)c1. The molecule has 0 spiro atoms. The number of halogens is 3. The van der Waals surface area contributed by atoms with Crippen molar-refractivity contribution in [2.45, 2.75) is 6.61 Å². The van der Waals surface area contributed by atoms with Crippen LogP contribution in [0.5, 0.6) is 5.75 Å². The molecular weight excluding hydrogens is 393 g/mol. The minimum atomic E-state index is 0.414. The molecule has 0 aliphatic rings. The Morgan fingerprint density at radius 1 is 1.16 bits per heavy atom. The fraction of sp³-hybridized carbons (Fsp3) is 0.0714. The lowest BCUT2D eigenvalue weighted by Crippen LogP contribution is -1.97. The zero-order valence-electron chi connectivity index (χ0n) is 9.66. The summed E-state index contributed by atoms with van der Waals surface area (Å²) in [7, 11) is 0. The molecule has 0 N–H and O–H groups in total. The van der Waals surface area contributed by atoms with Gasteiger partial charge in [0.25, 0.3) is 0 Å². The minimum Gasteiger partial charge on any atom is -0.486 e. The Balaban J connectivity index is 2.16. The van der Waals surface area contributed by atoms with Gasteiger partial charge in [-0.3, -0.25) is 0 Å². The topological polar surface area (TPSA) is 33.0 Å². The fourth-order valence-corrected chi connectivity index (χ4v) is 2.73. The first-order valence-corrected chi connectivity index (χ1v) is 7.33. The second-order valence-corrected chi connectivity index (χ2v) is 5.97. The van der Waals surface area contributed by atoms with Gasteiger partial charge in [-0.05, 0) is 45.8 Å². The molecule has 96 valence electrons. The Morgan fingerprint density at radius 3 is 2.42 bits per heavy atom. The normalized spacial score (nSPS) is 10.0. The first-order valence-electron chi connectivity index (χ1n) is 5.36. The maximum atomic E-state index is 8.84. The number of hydrogen-bond acceptors (Lipinski definition) is 2. The van der Waals surface area contributed by atoms with Crippen LogP contribution in [-0.4, -0.2) is 0 Å². The molecule has 2 aromatic carbocycles. The largest absolute Gasteiger partial charge is 0.486 e. The molecule has 2 rings (SSSR count). The molecule has 19 heavy (non-hydrogen) atoms. The van der Waals surface area contributed by atoms with Gasteiger partial charge in [0.2, 0.25) is 0 Å². The zero-order chi connectivity index (χ0) is 13.8. The molecule has 5 heteroatoms. The number of rotatable bonds is 3. The first-order chi connectivity index (χ1) is 9.10. The molecule has 0 amide bonds. The molecule has 0 aliphatic carbocycles. The van der Waals surface area contributed by atoms with Crippen LogP contribution in [0.3, 0.4) is 0 Å². The van der Waals surface area contributed by atoms with Gasteiger partial charge in [-0.1, -0.05) is 39.7 Å². The lowest BCUT2D eigenvalue weighted by molar-refractivity contribution is 0.304. The van der Waals surface area contributed by atoms with E-state index in [-0.39, 0.29) is 0 Å². The lowest BCUT2D eigenvalue weighted by atomic mass is 10.2. The number of benzene rings is 2. The highest BCUT2D eigenvalue weighted by Gasteiger charge is 2.09. The summed E-state index contributed by atoms with van der Waals surface area (Å²) in [6, 6.07) is 13.2. The van der Waals surface area contributed by atoms with E-state index in [1.54, 1.807) is 12.1 Å². The van der Waals surface area contributed by atoms with Gasteiger partial charge in [-0.25, -0.2) is 0 Å². The summed E-state index contributed by atoms with van der Waals surface area (Å²) in [6.45, 7) is 0.414. The summed E-state index contributed by atoms with van der Waals surface area (Å²) < 4.78 is 7.39. The first kappa shape index (κ1) is 14.4. The van der Waals surface area contributed by atoms with E-state index < -0.39 is 0 Å². The maximum Gasteiger partial charge on any atom is 0.152 e. The molecule has 0 saturated carbocycles. The average molecular weight is 401 g/mol. The molecular formula is C14H8Br2ClNO. The zero-order valence-corrected chi connectivity index (χ0v) is 13.6. The van der Waals surface area contributed by atoms with Crippen LogP contribution in [0.15, 0.2) is 45.3 Å². The van der Waals surface area contributed by atoms with E-state index in [1.807, 2.05) is 30.3 Å². The van der Waals surface area contributed by atoms with Crippen molar-refractivity contribution in [1.82, 2.24) is 0 Å². The molecule has 0 heterocycles. The molecule has 0 aliphatic heterocycles. The van der Waals surface area contributed by atoms with E-state index >= 15 is 0 Å². The Hall–Kier alpha value is -1.02. The van der Waals surface area contributed by atoms with Crippen LogP contribution in [0.2, 0.25) is 5.02 Å². The molecule has 0 atom stereocenters. The number of nitriles is 1. The molecule has 2 aromatic rings. The molecule has 0 bridgehead atoms. The lowest BCUT2D eigenvalue weighted by Gasteiger charge is -2.10. The third-order valence-electron chi connectivity index (χ3n) is 2.42. The van der Waals surface area contributed by atoms with Crippen LogP contribution in [0.25, 0.3) is 0 Å². The van der Waals surface area contributed by atoms with Crippen LogP contribution in [0, 0.1) is 11.3 Å². The van der Waals surface area contributed by atoms with Crippen LogP contribution in [0.1, 0.15) is 11.1 Å².